The Labute approximate surface area is 183 Å². The molecule has 0 N–H and O–H groups in total. The van der Waals surface area contributed by atoms with Gasteiger partial charge in [0.25, 0.3) is 0 Å². The standard InChI is InChI=1S/C28H34N/c1-20(2)27-19-29(4)28(25-13-9-8-10-21(25)3)18-26(27)24-16-14-23(15-17-24)22-11-6-5-7-12-22/h8-10,13-20,22H,5-7,11-12H2,1-4H3/q+1/i1D3,20D,22D. The summed E-state index contributed by atoms with van der Waals surface area (Å²) in [5.74, 6) is -2.32. The lowest BCUT2D eigenvalue weighted by atomic mass is 9.83. The van der Waals surface area contributed by atoms with Gasteiger partial charge in [0.05, 0.1) is 0 Å². The predicted octanol–water partition coefficient (Wildman–Crippen LogP) is 7.32. The summed E-state index contributed by atoms with van der Waals surface area (Å²) in [4.78, 5) is 0. The summed E-state index contributed by atoms with van der Waals surface area (Å²) in [7, 11) is 1.90. The molecule has 1 saturated carbocycles. The number of nitrogens with zero attached hydrogens (tertiary/aromatic N) is 1. The van der Waals surface area contributed by atoms with Gasteiger partial charge in [-0.3, -0.25) is 0 Å². The maximum Gasteiger partial charge on any atom is 0.213 e. The molecule has 1 aliphatic rings. The molecular weight excluding hydrogens is 350 g/mol. The maximum atomic E-state index is 8.95. The molecule has 1 nitrogen and oxygen atoms in total. The average molecular weight is 390 g/mol. The van der Waals surface area contributed by atoms with Crippen molar-refractivity contribution in [3.05, 3.63) is 77.5 Å². The molecule has 0 bridgehead atoms. The van der Waals surface area contributed by atoms with Crippen LogP contribution in [0.2, 0.25) is 0 Å². The predicted molar refractivity (Wildman–Crippen MR) is 123 cm³/mol. The number of aromatic nitrogens is 1. The van der Waals surface area contributed by atoms with E-state index in [1.54, 1.807) is 6.20 Å². The highest BCUT2D eigenvalue weighted by molar-refractivity contribution is 5.73. The number of rotatable bonds is 4. The third-order valence-corrected chi connectivity index (χ3v) is 6.16. The van der Waals surface area contributed by atoms with Crippen LogP contribution in [0.4, 0.5) is 0 Å². The van der Waals surface area contributed by atoms with Crippen molar-refractivity contribution in [2.45, 2.75) is 64.6 Å². The summed E-state index contributed by atoms with van der Waals surface area (Å²) in [5, 5.41) is 0. The highest BCUT2D eigenvalue weighted by Crippen LogP contribution is 2.36. The number of hydrogen-bond donors (Lipinski definition) is 0. The van der Waals surface area contributed by atoms with Crippen LogP contribution in [0.5, 0.6) is 0 Å². The SMILES string of the molecule is [2H]C1(c2ccc(-c3cc(-c4ccccc4C)[n+](C)cc3C([2H])(C)C([2H])([2H])[2H])cc2)CCCCC1. The molecular formula is C28H34N+. The van der Waals surface area contributed by atoms with Crippen LogP contribution in [-0.4, -0.2) is 0 Å². The van der Waals surface area contributed by atoms with Crippen molar-refractivity contribution < 1.29 is 11.4 Å². The molecule has 2 aromatic carbocycles. The zero-order valence-electron chi connectivity index (χ0n) is 22.8. The van der Waals surface area contributed by atoms with Crippen LogP contribution in [0.1, 0.15) is 81.2 Å². The number of benzene rings is 2. The topological polar surface area (TPSA) is 3.88 Å². The minimum atomic E-state index is -2.48. The van der Waals surface area contributed by atoms with E-state index in [0.717, 1.165) is 59.2 Å². The Morgan fingerprint density at radius 2 is 1.76 bits per heavy atom. The summed E-state index contributed by atoms with van der Waals surface area (Å²) in [5.41, 5.74) is 6.27. The fraction of sp³-hybridized carbons (Fsp3) is 0.393. The molecule has 150 valence electrons. The zero-order chi connectivity index (χ0) is 24.7. The summed E-state index contributed by atoms with van der Waals surface area (Å²) in [6.07, 6.45) is 6.92. The van der Waals surface area contributed by atoms with Crippen molar-refractivity contribution in [1.82, 2.24) is 0 Å². The van der Waals surface area contributed by atoms with Gasteiger partial charge in [0.15, 0.2) is 6.20 Å². The Kier molecular flexibility index (Phi) is 4.28. The smallest absolute Gasteiger partial charge is 0.201 e. The van der Waals surface area contributed by atoms with E-state index < -0.39 is 18.6 Å². The fourth-order valence-corrected chi connectivity index (χ4v) is 4.47. The van der Waals surface area contributed by atoms with E-state index in [1.165, 1.54) is 13.3 Å². The molecule has 0 spiro atoms. The van der Waals surface area contributed by atoms with Crippen LogP contribution in [0.25, 0.3) is 22.4 Å². The third-order valence-electron chi connectivity index (χ3n) is 6.16. The molecule has 3 aromatic rings. The quantitative estimate of drug-likeness (QED) is 0.411. The number of aryl methyl sites for hydroxylation is 2. The Bertz CT molecular complexity index is 1170. The van der Waals surface area contributed by atoms with Gasteiger partial charge in [-0.25, -0.2) is 4.57 Å². The van der Waals surface area contributed by atoms with Gasteiger partial charge in [-0.15, -0.1) is 0 Å². The summed E-state index contributed by atoms with van der Waals surface area (Å²) in [6.45, 7) is 1.06. The summed E-state index contributed by atoms with van der Waals surface area (Å²) < 4.78 is 43.9. The first-order valence-electron chi connectivity index (χ1n) is 13.2. The lowest BCUT2D eigenvalue weighted by Gasteiger charge is -2.22. The van der Waals surface area contributed by atoms with Gasteiger partial charge in [0, 0.05) is 24.0 Å². The summed E-state index contributed by atoms with van der Waals surface area (Å²) in [6, 6.07) is 18.2. The Balaban J connectivity index is 1.89. The minimum absolute atomic E-state index is 0.471. The molecule has 1 unspecified atom stereocenters. The van der Waals surface area contributed by atoms with Crippen LogP contribution in [-0.2, 0) is 7.05 Å². The van der Waals surface area contributed by atoms with Crippen molar-refractivity contribution in [1.29, 1.82) is 0 Å². The van der Waals surface area contributed by atoms with Gasteiger partial charge in [-0.1, -0.05) is 75.5 Å². The second-order valence-electron chi connectivity index (χ2n) is 8.28. The van der Waals surface area contributed by atoms with Crippen LogP contribution in [0, 0.1) is 6.92 Å². The van der Waals surface area contributed by atoms with E-state index in [4.69, 9.17) is 6.85 Å². The van der Waals surface area contributed by atoms with Gasteiger partial charge in [-0.05, 0) is 59.9 Å². The Morgan fingerprint density at radius 1 is 1.03 bits per heavy atom. The first-order valence-corrected chi connectivity index (χ1v) is 10.7. The van der Waals surface area contributed by atoms with Crippen LogP contribution >= 0.6 is 0 Å². The van der Waals surface area contributed by atoms with Gasteiger partial charge < -0.3 is 0 Å². The number of hydrogen-bond acceptors (Lipinski definition) is 0. The monoisotopic (exact) mass is 389 g/mol. The van der Waals surface area contributed by atoms with E-state index in [-0.39, 0.29) is 0 Å². The first-order chi connectivity index (χ1) is 15.9. The van der Waals surface area contributed by atoms with Crippen molar-refractivity contribution in [3.8, 4) is 22.4 Å². The van der Waals surface area contributed by atoms with Crippen LogP contribution < -0.4 is 4.57 Å². The lowest BCUT2D eigenvalue weighted by Crippen LogP contribution is -2.32. The van der Waals surface area contributed by atoms with Gasteiger partial charge >= 0.3 is 0 Å². The van der Waals surface area contributed by atoms with Gasteiger partial charge in [0.2, 0.25) is 5.69 Å². The largest absolute Gasteiger partial charge is 0.213 e. The van der Waals surface area contributed by atoms with Crippen molar-refractivity contribution in [3.63, 3.8) is 0 Å². The highest BCUT2D eigenvalue weighted by atomic mass is 14.9. The molecule has 1 aliphatic carbocycles. The molecule has 29 heavy (non-hydrogen) atoms. The molecule has 1 atom stereocenters. The highest BCUT2D eigenvalue weighted by Gasteiger charge is 2.21. The fourth-order valence-electron chi connectivity index (χ4n) is 4.47. The Hall–Kier alpha value is -2.41. The molecule has 1 heteroatoms. The first kappa shape index (κ1) is 14.6. The number of pyridine rings is 1. The molecule has 0 aliphatic heterocycles. The van der Waals surface area contributed by atoms with Crippen molar-refractivity contribution in [2.75, 3.05) is 0 Å². The van der Waals surface area contributed by atoms with E-state index >= 15 is 0 Å². The molecule has 1 heterocycles. The minimum Gasteiger partial charge on any atom is -0.201 e. The molecule has 1 fully saturated rings. The lowest BCUT2D eigenvalue weighted by molar-refractivity contribution is -0.660. The van der Waals surface area contributed by atoms with Crippen molar-refractivity contribution in [2.24, 2.45) is 7.05 Å². The molecule has 4 rings (SSSR count). The van der Waals surface area contributed by atoms with E-state index in [0.29, 0.717) is 5.56 Å². The van der Waals surface area contributed by atoms with Crippen molar-refractivity contribution >= 4 is 0 Å². The normalized spacial score (nSPS) is 21.1. The van der Waals surface area contributed by atoms with Crippen LogP contribution in [0.15, 0.2) is 60.8 Å². The second-order valence-corrected chi connectivity index (χ2v) is 8.28. The van der Waals surface area contributed by atoms with Gasteiger partial charge in [-0.2, -0.15) is 0 Å². The average Bonchev–Trinajstić information content (AvgIpc) is 2.79. The van der Waals surface area contributed by atoms with E-state index in [1.807, 2.05) is 54.1 Å². The molecule has 0 amide bonds. The van der Waals surface area contributed by atoms with E-state index in [2.05, 4.69) is 19.1 Å². The molecule has 0 radical (unpaired) electrons. The van der Waals surface area contributed by atoms with E-state index in [9.17, 15) is 0 Å². The molecule has 1 aromatic heterocycles. The zero-order valence-corrected chi connectivity index (χ0v) is 17.8. The van der Waals surface area contributed by atoms with Gasteiger partial charge in [0.1, 0.15) is 7.05 Å². The maximum absolute atomic E-state index is 8.95. The Morgan fingerprint density at radius 3 is 2.45 bits per heavy atom. The molecule has 0 saturated heterocycles. The summed E-state index contributed by atoms with van der Waals surface area (Å²) >= 11 is 0. The van der Waals surface area contributed by atoms with Crippen LogP contribution in [0.3, 0.4) is 0 Å². The third kappa shape index (κ3) is 4.15. The second kappa shape index (κ2) is 8.53.